The third kappa shape index (κ3) is 6.70. The lowest BCUT2D eigenvalue weighted by Crippen LogP contribution is -2.35. The molecule has 3 aromatic rings. The van der Waals surface area contributed by atoms with Crippen LogP contribution in [0.4, 0.5) is 0 Å². The van der Waals surface area contributed by atoms with Gasteiger partial charge < -0.3 is 19.6 Å². The molecule has 0 aliphatic rings. The van der Waals surface area contributed by atoms with Gasteiger partial charge >= 0.3 is 5.97 Å². The summed E-state index contributed by atoms with van der Waals surface area (Å²) in [5.41, 5.74) is 1.35. The van der Waals surface area contributed by atoms with Crippen molar-refractivity contribution in [2.45, 2.75) is 53.1 Å². The van der Waals surface area contributed by atoms with Gasteiger partial charge in [0, 0.05) is 6.54 Å². The molecule has 1 atom stereocenters. The van der Waals surface area contributed by atoms with Gasteiger partial charge in [-0.3, -0.25) is 9.69 Å². The highest BCUT2D eigenvalue weighted by atomic mass is 32.1. The van der Waals surface area contributed by atoms with Crippen molar-refractivity contribution in [3.63, 3.8) is 0 Å². The second-order valence-corrected chi connectivity index (χ2v) is 9.18. The minimum atomic E-state index is -0.675. The first kappa shape index (κ1) is 25.0. The molecule has 1 aromatic carbocycles. The first-order valence-electron chi connectivity index (χ1n) is 11.0. The average molecular weight is 474 g/mol. The van der Waals surface area contributed by atoms with E-state index in [1.54, 1.807) is 20.8 Å². The molecule has 0 radical (unpaired) electrons. The number of aromatic nitrogens is 2. The van der Waals surface area contributed by atoms with E-state index in [2.05, 4.69) is 9.97 Å². The van der Waals surface area contributed by atoms with Crippen LogP contribution in [-0.2, 0) is 22.6 Å². The first-order valence-corrected chi connectivity index (χ1v) is 11.9. The number of hydrogen-bond acceptors (Lipinski definition) is 8. The molecule has 0 aliphatic carbocycles. The van der Waals surface area contributed by atoms with E-state index in [1.807, 2.05) is 42.2 Å². The Labute approximate surface area is 197 Å². The Kier molecular flexibility index (Phi) is 8.74. The van der Waals surface area contributed by atoms with Gasteiger partial charge in [0.15, 0.2) is 0 Å². The number of aromatic amines is 1. The lowest BCUT2D eigenvalue weighted by atomic mass is 10.2. The van der Waals surface area contributed by atoms with Crippen molar-refractivity contribution >= 4 is 27.5 Å². The maximum atomic E-state index is 12.7. The van der Waals surface area contributed by atoms with Crippen LogP contribution in [0.15, 0.2) is 35.1 Å². The molecule has 2 aromatic heterocycles. The molecule has 2 heterocycles. The van der Waals surface area contributed by atoms with Crippen molar-refractivity contribution in [1.82, 2.24) is 14.9 Å². The van der Waals surface area contributed by atoms with Gasteiger partial charge in [-0.25, -0.2) is 9.78 Å². The quantitative estimate of drug-likeness (QED) is 0.412. The molecule has 0 saturated carbocycles. The Hall–Kier alpha value is -2.59. The number of aliphatic hydroxyl groups is 1. The van der Waals surface area contributed by atoms with Crippen molar-refractivity contribution in [1.29, 1.82) is 0 Å². The molecule has 9 heteroatoms. The van der Waals surface area contributed by atoms with Crippen molar-refractivity contribution < 1.29 is 19.4 Å². The van der Waals surface area contributed by atoms with Crippen LogP contribution in [0.2, 0.25) is 0 Å². The topological polar surface area (TPSA) is 105 Å². The summed E-state index contributed by atoms with van der Waals surface area (Å²) >= 11 is 1.17. The molecule has 2 N–H and O–H groups in total. The van der Waals surface area contributed by atoms with E-state index in [4.69, 9.17) is 9.47 Å². The predicted molar refractivity (Wildman–Crippen MR) is 129 cm³/mol. The number of aryl methyl sites for hydroxylation is 1. The number of hydrogen-bond donors (Lipinski definition) is 2. The van der Waals surface area contributed by atoms with Crippen molar-refractivity contribution in [3.8, 4) is 0 Å². The van der Waals surface area contributed by atoms with E-state index in [1.165, 1.54) is 11.3 Å². The molecule has 3 rings (SSSR count). The summed E-state index contributed by atoms with van der Waals surface area (Å²) in [6, 6.07) is 9.79. The number of carbonyl (C=O) groups is 1. The van der Waals surface area contributed by atoms with Crippen molar-refractivity contribution in [2.75, 3.05) is 19.7 Å². The highest BCUT2D eigenvalue weighted by Gasteiger charge is 2.22. The van der Waals surface area contributed by atoms with Crippen LogP contribution < -0.4 is 5.56 Å². The largest absolute Gasteiger partial charge is 0.459 e. The molecule has 178 valence electrons. The number of carbonyl (C=O) groups excluding carboxylic acids is 1. The minimum Gasteiger partial charge on any atom is -0.459 e. The number of fused-ring (bicyclic) bond motifs is 1. The van der Waals surface area contributed by atoms with E-state index in [-0.39, 0.29) is 18.3 Å². The molecule has 33 heavy (non-hydrogen) atoms. The normalized spacial score (nSPS) is 12.6. The highest BCUT2D eigenvalue weighted by Crippen LogP contribution is 2.28. The van der Waals surface area contributed by atoms with Gasteiger partial charge in [0.05, 0.1) is 37.4 Å². The van der Waals surface area contributed by atoms with Gasteiger partial charge in [-0.1, -0.05) is 37.3 Å². The Morgan fingerprint density at radius 2 is 2.00 bits per heavy atom. The van der Waals surface area contributed by atoms with Gasteiger partial charge in [0.2, 0.25) is 0 Å². The van der Waals surface area contributed by atoms with E-state index >= 15 is 0 Å². The number of H-pyrrole nitrogens is 1. The summed E-state index contributed by atoms with van der Waals surface area (Å²) in [7, 11) is 0. The van der Waals surface area contributed by atoms with Crippen LogP contribution in [0.3, 0.4) is 0 Å². The number of nitrogens with one attached hydrogen (secondary N) is 1. The molecule has 0 bridgehead atoms. The number of aliphatic hydroxyl groups excluding tert-OH is 1. The number of thiophene rings is 1. The number of rotatable bonds is 11. The van der Waals surface area contributed by atoms with Gasteiger partial charge in [-0.15, -0.1) is 11.3 Å². The fraction of sp³-hybridized carbons (Fsp3) is 0.458. The zero-order valence-electron chi connectivity index (χ0n) is 19.5. The van der Waals surface area contributed by atoms with Crippen molar-refractivity contribution in [3.05, 3.63) is 62.5 Å². The third-order valence-electron chi connectivity index (χ3n) is 5.09. The number of esters is 1. The molecule has 1 unspecified atom stereocenters. The Morgan fingerprint density at radius 1 is 1.27 bits per heavy atom. The second-order valence-electron chi connectivity index (χ2n) is 8.19. The van der Waals surface area contributed by atoms with E-state index in [9.17, 15) is 14.7 Å². The predicted octanol–water partition coefficient (Wildman–Crippen LogP) is 3.26. The average Bonchev–Trinajstić information content (AvgIpc) is 3.10. The molecular formula is C24H31N3O5S. The lowest BCUT2D eigenvalue weighted by molar-refractivity contribution is 0.00905. The van der Waals surface area contributed by atoms with Gasteiger partial charge in [-0.05, 0) is 38.4 Å². The number of likely N-dealkylation sites (N-methyl/N-ethyl adjacent to an activating group) is 1. The summed E-state index contributed by atoms with van der Waals surface area (Å²) < 4.78 is 10.9. The lowest BCUT2D eigenvalue weighted by Gasteiger charge is -2.23. The molecular weight excluding hydrogens is 442 g/mol. The molecule has 0 aliphatic heterocycles. The third-order valence-corrected chi connectivity index (χ3v) is 6.25. The SMILES string of the molecule is CCN(Cc1nc2sc(C(=O)OC(C)C)c(C)c2c(=O)[nH]1)CC(O)COCc1ccccc1. The zero-order valence-corrected chi connectivity index (χ0v) is 20.3. The summed E-state index contributed by atoms with van der Waals surface area (Å²) in [5, 5.41) is 10.8. The summed E-state index contributed by atoms with van der Waals surface area (Å²) in [5.74, 6) is 0.0389. The Bertz CT molecular complexity index is 1130. The first-order chi connectivity index (χ1) is 15.8. The standard InChI is InChI=1S/C24H31N3O5S/c1-5-27(11-18(28)14-31-13-17-9-7-6-8-10-17)12-19-25-22(29)20-16(4)21(33-23(20)26-19)24(30)32-15(2)3/h6-10,15,18,28H,5,11-14H2,1-4H3,(H,25,26,29). The van der Waals surface area contributed by atoms with Crippen LogP contribution in [0.1, 0.15) is 47.4 Å². The van der Waals surface area contributed by atoms with Crippen LogP contribution >= 0.6 is 11.3 Å². The summed E-state index contributed by atoms with van der Waals surface area (Å²) in [6.45, 7) is 9.32. The smallest absolute Gasteiger partial charge is 0.348 e. The van der Waals surface area contributed by atoms with Crippen LogP contribution in [0, 0.1) is 6.92 Å². The monoisotopic (exact) mass is 473 g/mol. The minimum absolute atomic E-state index is 0.208. The number of nitrogens with zero attached hydrogens (tertiary/aromatic N) is 2. The summed E-state index contributed by atoms with van der Waals surface area (Å²) in [6.07, 6.45) is -0.921. The van der Waals surface area contributed by atoms with Gasteiger partial charge in [0.25, 0.3) is 5.56 Å². The molecule has 0 fully saturated rings. The fourth-order valence-corrected chi connectivity index (χ4v) is 4.56. The van der Waals surface area contributed by atoms with E-state index < -0.39 is 12.1 Å². The van der Waals surface area contributed by atoms with Crippen LogP contribution in [0.25, 0.3) is 10.2 Å². The van der Waals surface area contributed by atoms with Crippen molar-refractivity contribution in [2.24, 2.45) is 0 Å². The number of ether oxygens (including phenoxy) is 2. The summed E-state index contributed by atoms with van der Waals surface area (Å²) in [4.78, 5) is 35.4. The molecule has 0 saturated heterocycles. The molecule has 0 amide bonds. The van der Waals surface area contributed by atoms with Crippen LogP contribution in [-0.4, -0.2) is 57.8 Å². The van der Waals surface area contributed by atoms with Gasteiger partial charge in [-0.2, -0.15) is 0 Å². The second kappa shape index (κ2) is 11.5. The maximum absolute atomic E-state index is 12.7. The zero-order chi connectivity index (χ0) is 24.0. The molecule has 8 nitrogen and oxygen atoms in total. The number of benzene rings is 1. The Balaban J connectivity index is 1.65. The molecule has 0 spiro atoms. The van der Waals surface area contributed by atoms with Crippen LogP contribution in [0.5, 0.6) is 0 Å². The maximum Gasteiger partial charge on any atom is 0.348 e. The van der Waals surface area contributed by atoms with Gasteiger partial charge in [0.1, 0.15) is 15.5 Å². The van der Waals surface area contributed by atoms with E-state index in [0.29, 0.717) is 52.7 Å². The van der Waals surface area contributed by atoms with E-state index in [0.717, 1.165) is 5.56 Å². The fourth-order valence-electron chi connectivity index (χ4n) is 3.48. The Morgan fingerprint density at radius 3 is 2.67 bits per heavy atom. The highest BCUT2D eigenvalue weighted by molar-refractivity contribution is 7.20.